The van der Waals surface area contributed by atoms with Gasteiger partial charge in [0, 0.05) is 37.1 Å². The van der Waals surface area contributed by atoms with E-state index in [1.807, 2.05) is 42.5 Å². The van der Waals surface area contributed by atoms with Crippen LogP contribution in [0.1, 0.15) is 0 Å². The van der Waals surface area contributed by atoms with E-state index in [4.69, 9.17) is 4.74 Å². The van der Waals surface area contributed by atoms with Crippen molar-refractivity contribution in [2.45, 2.75) is 4.90 Å². The monoisotopic (exact) mass is 383 g/mol. The number of aromatic nitrogens is 1. The first-order valence-corrected chi connectivity index (χ1v) is 10.3. The van der Waals surface area contributed by atoms with Gasteiger partial charge in [-0.25, -0.2) is 13.4 Å². The largest absolute Gasteiger partial charge is 0.481 e. The van der Waals surface area contributed by atoms with E-state index in [-0.39, 0.29) is 0 Å². The van der Waals surface area contributed by atoms with Gasteiger partial charge in [0.15, 0.2) is 0 Å². The second-order valence-electron chi connectivity index (χ2n) is 6.42. The fourth-order valence-electron chi connectivity index (χ4n) is 3.30. The molecule has 3 aromatic rings. The molecule has 0 atom stereocenters. The average Bonchev–Trinajstić information content (AvgIpc) is 2.73. The highest BCUT2D eigenvalue weighted by atomic mass is 32.2. The molecule has 0 amide bonds. The third kappa shape index (κ3) is 3.41. The standard InChI is InChI=1S/C20H21N3O3S/c1-26-20-18(14-16-4-2-3-5-19(16)22-20)15-6-8-17(9-7-15)27(24,25)23-12-10-21-11-13-23/h2-9,14,21H,10-13H2,1H3. The first kappa shape index (κ1) is 17.9. The molecule has 7 heteroatoms. The third-order valence-electron chi connectivity index (χ3n) is 4.76. The fraction of sp³-hybridized carbons (Fsp3) is 0.250. The van der Waals surface area contributed by atoms with Crippen LogP contribution >= 0.6 is 0 Å². The van der Waals surface area contributed by atoms with Gasteiger partial charge >= 0.3 is 0 Å². The molecule has 6 nitrogen and oxygen atoms in total. The Morgan fingerprint density at radius 1 is 1.04 bits per heavy atom. The maximum absolute atomic E-state index is 12.8. The normalized spacial score (nSPS) is 15.7. The number of ether oxygens (including phenoxy) is 1. The molecule has 1 fully saturated rings. The van der Waals surface area contributed by atoms with E-state index in [2.05, 4.69) is 10.3 Å². The number of piperazine rings is 1. The number of pyridine rings is 1. The molecule has 0 spiro atoms. The van der Waals surface area contributed by atoms with Crippen molar-refractivity contribution in [1.82, 2.24) is 14.6 Å². The Balaban J connectivity index is 1.71. The van der Waals surface area contributed by atoms with E-state index < -0.39 is 10.0 Å². The van der Waals surface area contributed by atoms with Crippen LogP contribution in [0.4, 0.5) is 0 Å². The Kier molecular flexibility index (Phi) is 4.82. The quantitative estimate of drug-likeness (QED) is 0.750. The van der Waals surface area contributed by atoms with Crippen LogP contribution in [0, 0.1) is 0 Å². The van der Waals surface area contributed by atoms with Gasteiger partial charge in [-0.1, -0.05) is 30.3 Å². The summed E-state index contributed by atoms with van der Waals surface area (Å²) < 4.78 is 32.6. The Morgan fingerprint density at radius 2 is 1.74 bits per heavy atom. The molecular formula is C20H21N3O3S. The van der Waals surface area contributed by atoms with E-state index in [1.54, 1.807) is 19.2 Å². The maximum atomic E-state index is 12.8. The molecule has 1 aromatic heterocycles. The SMILES string of the molecule is COc1nc2ccccc2cc1-c1ccc(S(=O)(=O)N2CCNCC2)cc1. The number of para-hydroxylation sites is 1. The lowest BCUT2D eigenvalue weighted by Gasteiger charge is -2.26. The van der Waals surface area contributed by atoms with Gasteiger partial charge in [-0.3, -0.25) is 0 Å². The summed E-state index contributed by atoms with van der Waals surface area (Å²) in [5.41, 5.74) is 2.56. The molecule has 0 unspecified atom stereocenters. The number of fused-ring (bicyclic) bond motifs is 1. The number of methoxy groups -OCH3 is 1. The van der Waals surface area contributed by atoms with Crippen molar-refractivity contribution in [1.29, 1.82) is 0 Å². The predicted octanol–water partition coefficient (Wildman–Crippen LogP) is 2.50. The summed E-state index contributed by atoms with van der Waals surface area (Å²) in [5.74, 6) is 0.520. The molecule has 0 radical (unpaired) electrons. The van der Waals surface area contributed by atoms with Gasteiger partial charge in [0.05, 0.1) is 17.5 Å². The molecule has 0 saturated carbocycles. The van der Waals surface area contributed by atoms with Crippen molar-refractivity contribution in [2.75, 3.05) is 33.3 Å². The third-order valence-corrected chi connectivity index (χ3v) is 6.67. The van der Waals surface area contributed by atoms with Crippen molar-refractivity contribution < 1.29 is 13.2 Å². The lowest BCUT2D eigenvalue weighted by molar-refractivity contribution is 0.360. The number of hydrogen-bond donors (Lipinski definition) is 1. The summed E-state index contributed by atoms with van der Waals surface area (Å²) >= 11 is 0. The van der Waals surface area contributed by atoms with Gasteiger partial charge in [0.25, 0.3) is 0 Å². The predicted molar refractivity (Wildman–Crippen MR) is 105 cm³/mol. The van der Waals surface area contributed by atoms with Gasteiger partial charge in [0.2, 0.25) is 15.9 Å². The zero-order valence-electron chi connectivity index (χ0n) is 15.1. The van der Waals surface area contributed by atoms with E-state index >= 15 is 0 Å². The van der Waals surface area contributed by atoms with Crippen LogP contribution in [0.3, 0.4) is 0 Å². The van der Waals surface area contributed by atoms with Crippen molar-refractivity contribution >= 4 is 20.9 Å². The lowest BCUT2D eigenvalue weighted by Crippen LogP contribution is -2.46. The summed E-state index contributed by atoms with van der Waals surface area (Å²) in [4.78, 5) is 4.87. The molecule has 0 aliphatic carbocycles. The summed E-state index contributed by atoms with van der Waals surface area (Å²) in [6.07, 6.45) is 0. The van der Waals surface area contributed by atoms with Crippen molar-refractivity contribution in [3.05, 3.63) is 54.6 Å². The van der Waals surface area contributed by atoms with Gasteiger partial charge < -0.3 is 10.1 Å². The molecule has 1 saturated heterocycles. The number of nitrogens with zero attached hydrogens (tertiary/aromatic N) is 2. The maximum Gasteiger partial charge on any atom is 0.243 e. The van der Waals surface area contributed by atoms with Crippen LogP contribution in [0.25, 0.3) is 22.0 Å². The van der Waals surface area contributed by atoms with Crippen molar-refractivity contribution in [3.63, 3.8) is 0 Å². The minimum atomic E-state index is -3.46. The van der Waals surface area contributed by atoms with Crippen LogP contribution in [0.2, 0.25) is 0 Å². The highest BCUT2D eigenvalue weighted by Gasteiger charge is 2.25. The minimum Gasteiger partial charge on any atom is -0.481 e. The summed E-state index contributed by atoms with van der Waals surface area (Å²) in [5, 5.41) is 4.17. The Hall–Kier alpha value is -2.48. The number of sulfonamides is 1. The molecule has 27 heavy (non-hydrogen) atoms. The fourth-order valence-corrected chi connectivity index (χ4v) is 4.74. The molecule has 1 N–H and O–H groups in total. The van der Waals surface area contributed by atoms with Crippen LogP contribution in [0.15, 0.2) is 59.5 Å². The van der Waals surface area contributed by atoms with E-state index in [0.717, 1.165) is 22.0 Å². The molecule has 2 heterocycles. The molecule has 2 aromatic carbocycles. The topological polar surface area (TPSA) is 71.5 Å². The average molecular weight is 383 g/mol. The van der Waals surface area contributed by atoms with Crippen LogP contribution in [-0.2, 0) is 10.0 Å². The second-order valence-corrected chi connectivity index (χ2v) is 8.35. The number of benzene rings is 2. The summed E-state index contributed by atoms with van der Waals surface area (Å²) in [6.45, 7) is 2.34. The van der Waals surface area contributed by atoms with Crippen molar-refractivity contribution in [3.8, 4) is 17.0 Å². The zero-order chi connectivity index (χ0) is 18.9. The number of hydrogen-bond acceptors (Lipinski definition) is 5. The van der Waals surface area contributed by atoms with Gasteiger partial charge in [0.1, 0.15) is 0 Å². The first-order chi connectivity index (χ1) is 13.1. The Bertz CT molecular complexity index is 1060. The van der Waals surface area contributed by atoms with E-state index in [0.29, 0.717) is 37.0 Å². The highest BCUT2D eigenvalue weighted by molar-refractivity contribution is 7.89. The van der Waals surface area contributed by atoms with Crippen molar-refractivity contribution in [2.24, 2.45) is 0 Å². The number of rotatable bonds is 4. The zero-order valence-corrected chi connectivity index (χ0v) is 15.9. The number of nitrogens with one attached hydrogen (secondary N) is 1. The molecule has 4 rings (SSSR count). The van der Waals surface area contributed by atoms with Crippen LogP contribution < -0.4 is 10.1 Å². The molecule has 140 valence electrons. The van der Waals surface area contributed by atoms with Crippen LogP contribution in [-0.4, -0.2) is 51.0 Å². The molecular weight excluding hydrogens is 362 g/mol. The molecule has 1 aliphatic heterocycles. The molecule has 1 aliphatic rings. The summed E-state index contributed by atoms with van der Waals surface area (Å²) in [7, 11) is -1.88. The second kappa shape index (κ2) is 7.26. The first-order valence-electron chi connectivity index (χ1n) is 8.85. The lowest BCUT2D eigenvalue weighted by atomic mass is 10.0. The van der Waals surface area contributed by atoms with Gasteiger partial charge in [-0.2, -0.15) is 4.31 Å². The minimum absolute atomic E-state index is 0.306. The molecule has 0 bridgehead atoms. The van der Waals surface area contributed by atoms with E-state index in [9.17, 15) is 8.42 Å². The van der Waals surface area contributed by atoms with Crippen LogP contribution in [0.5, 0.6) is 5.88 Å². The van der Waals surface area contributed by atoms with Gasteiger partial charge in [-0.15, -0.1) is 0 Å². The summed E-state index contributed by atoms with van der Waals surface area (Å²) in [6, 6.07) is 16.8. The Labute approximate surface area is 158 Å². The Morgan fingerprint density at radius 3 is 2.44 bits per heavy atom. The highest BCUT2D eigenvalue weighted by Crippen LogP contribution is 2.32. The van der Waals surface area contributed by atoms with E-state index in [1.165, 1.54) is 4.31 Å². The smallest absolute Gasteiger partial charge is 0.243 e. The van der Waals surface area contributed by atoms with Gasteiger partial charge in [-0.05, 0) is 29.8 Å².